The van der Waals surface area contributed by atoms with Crippen molar-refractivity contribution in [2.75, 3.05) is 25.6 Å². The summed E-state index contributed by atoms with van der Waals surface area (Å²) in [7, 11) is 1.74. The lowest BCUT2D eigenvalue weighted by Gasteiger charge is -2.16. The fourth-order valence-electron chi connectivity index (χ4n) is 1.83. The van der Waals surface area contributed by atoms with Gasteiger partial charge in [0.15, 0.2) is 0 Å². The number of methoxy groups -OCH3 is 1. The molecule has 1 saturated carbocycles. The molecular weight excluding hydrogens is 259 g/mol. The molecule has 0 aromatic carbocycles. The van der Waals surface area contributed by atoms with Gasteiger partial charge in [0, 0.05) is 26.5 Å². The van der Waals surface area contributed by atoms with Crippen LogP contribution in [-0.4, -0.2) is 25.2 Å². The van der Waals surface area contributed by atoms with E-state index in [1.165, 1.54) is 12.8 Å². The number of hydrogen-bond donors (Lipinski definition) is 1. The summed E-state index contributed by atoms with van der Waals surface area (Å²) < 4.78 is 5.12. The van der Waals surface area contributed by atoms with Gasteiger partial charge in [0.25, 0.3) is 0 Å². The van der Waals surface area contributed by atoms with E-state index >= 15 is 0 Å². The van der Waals surface area contributed by atoms with Gasteiger partial charge in [-0.05, 0) is 30.7 Å². The molecule has 0 radical (unpaired) electrons. The lowest BCUT2D eigenvalue weighted by Crippen LogP contribution is -2.18. The summed E-state index contributed by atoms with van der Waals surface area (Å²) in [4.78, 5) is 4.18. The summed E-state index contributed by atoms with van der Waals surface area (Å²) in [5.41, 5.74) is 0.376. The zero-order valence-corrected chi connectivity index (χ0v) is 11.3. The summed E-state index contributed by atoms with van der Waals surface area (Å²) in [5, 5.41) is 4.42. The summed E-state index contributed by atoms with van der Waals surface area (Å²) in [6.07, 6.45) is 5.18. The average molecular weight is 275 g/mol. The largest absolute Gasteiger partial charge is 0.385 e. The molecule has 1 heterocycles. The molecule has 0 bridgehead atoms. The minimum Gasteiger partial charge on any atom is -0.385 e. The average Bonchev–Trinajstić information content (AvgIpc) is 3.06. The van der Waals surface area contributed by atoms with Gasteiger partial charge in [-0.15, -0.1) is 0 Å². The van der Waals surface area contributed by atoms with Crippen molar-refractivity contribution in [3.63, 3.8) is 0 Å². The molecule has 5 heteroatoms. The van der Waals surface area contributed by atoms with Crippen LogP contribution in [0.25, 0.3) is 0 Å². The Morgan fingerprint density at radius 3 is 2.82 bits per heavy atom. The van der Waals surface area contributed by atoms with E-state index in [1.54, 1.807) is 19.4 Å². The standard InChI is InChI=1S/C12H16Cl2N2O/c1-17-5-4-12(2-3-12)8-16-11-10(14)6-9(13)7-15-11/h6-7H,2-5,8H2,1H3,(H,15,16). The number of hydrogen-bond acceptors (Lipinski definition) is 3. The molecular formula is C12H16Cl2N2O. The Bertz CT molecular complexity index is 394. The summed E-state index contributed by atoms with van der Waals surface area (Å²) >= 11 is 11.8. The Hall–Kier alpha value is -0.510. The van der Waals surface area contributed by atoms with Gasteiger partial charge in [0.05, 0.1) is 10.0 Å². The second-order valence-electron chi connectivity index (χ2n) is 4.58. The van der Waals surface area contributed by atoms with E-state index in [-0.39, 0.29) is 0 Å². The molecule has 1 aromatic heterocycles. The fourth-order valence-corrected chi connectivity index (χ4v) is 2.27. The molecule has 94 valence electrons. The van der Waals surface area contributed by atoms with Crippen LogP contribution in [-0.2, 0) is 4.74 Å². The van der Waals surface area contributed by atoms with Crippen molar-refractivity contribution in [1.29, 1.82) is 0 Å². The van der Waals surface area contributed by atoms with Gasteiger partial charge in [-0.2, -0.15) is 0 Å². The molecule has 0 amide bonds. The van der Waals surface area contributed by atoms with Crippen LogP contribution in [0.15, 0.2) is 12.3 Å². The third-order valence-corrected chi connectivity index (χ3v) is 3.73. The van der Waals surface area contributed by atoms with Crippen LogP contribution in [0.4, 0.5) is 5.82 Å². The van der Waals surface area contributed by atoms with Crippen molar-refractivity contribution in [3.05, 3.63) is 22.3 Å². The van der Waals surface area contributed by atoms with E-state index in [0.29, 0.717) is 21.3 Å². The third-order valence-electron chi connectivity index (χ3n) is 3.23. The first-order valence-electron chi connectivity index (χ1n) is 5.69. The Balaban J connectivity index is 1.89. The molecule has 17 heavy (non-hydrogen) atoms. The fraction of sp³-hybridized carbons (Fsp3) is 0.583. The van der Waals surface area contributed by atoms with Crippen molar-refractivity contribution in [3.8, 4) is 0 Å². The third kappa shape index (κ3) is 3.47. The van der Waals surface area contributed by atoms with Gasteiger partial charge >= 0.3 is 0 Å². The second-order valence-corrected chi connectivity index (χ2v) is 5.42. The van der Waals surface area contributed by atoms with Gasteiger partial charge in [-0.25, -0.2) is 4.98 Å². The second kappa shape index (κ2) is 5.42. The Kier molecular flexibility index (Phi) is 4.13. The first-order valence-corrected chi connectivity index (χ1v) is 6.45. The van der Waals surface area contributed by atoms with Crippen LogP contribution in [0.1, 0.15) is 19.3 Å². The number of rotatable bonds is 6. The van der Waals surface area contributed by atoms with E-state index in [1.807, 2.05) is 0 Å². The number of anilines is 1. The molecule has 0 atom stereocenters. The van der Waals surface area contributed by atoms with E-state index in [9.17, 15) is 0 Å². The van der Waals surface area contributed by atoms with Crippen molar-refractivity contribution >= 4 is 29.0 Å². The normalized spacial score (nSPS) is 16.9. The summed E-state index contributed by atoms with van der Waals surface area (Å²) in [5.74, 6) is 0.708. The van der Waals surface area contributed by atoms with Crippen LogP contribution < -0.4 is 5.32 Å². The highest BCUT2D eigenvalue weighted by atomic mass is 35.5. The van der Waals surface area contributed by atoms with Crippen molar-refractivity contribution < 1.29 is 4.74 Å². The van der Waals surface area contributed by atoms with Crippen LogP contribution >= 0.6 is 23.2 Å². The van der Waals surface area contributed by atoms with Crippen molar-refractivity contribution in [2.24, 2.45) is 5.41 Å². The highest BCUT2D eigenvalue weighted by Gasteiger charge is 2.41. The number of ether oxygens (including phenoxy) is 1. The van der Waals surface area contributed by atoms with E-state index in [4.69, 9.17) is 27.9 Å². The molecule has 1 aliphatic carbocycles. The van der Waals surface area contributed by atoms with Gasteiger partial charge in [0.2, 0.25) is 0 Å². The molecule has 2 rings (SSSR count). The molecule has 0 spiro atoms. The Labute approximate surface area is 111 Å². The molecule has 1 aromatic rings. The zero-order chi connectivity index (χ0) is 12.3. The predicted octanol–water partition coefficient (Wildman–Crippen LogP) is 3.62. The van der Waals surface area contributed by atoms with Crippen LogP contribution in [0, 0.1) is 5.41 Å². The summed E-state index contributed by atoms with van der Waals surface area (Å²) in [6.45, 7) is 1.70. The van der Waals surface area contributed by atoms with Gasteiger partial charge in [0.1, 0.15) is 5.82 Å². The smallest absolute Gasteiger partial charge is 0.144 e. The number of aromatic nitrogens is 1. The van der Waals surface area contributed by atoms with E-state index in [2.05, 4.69) is 10.3 Å². The lowest BCUT2D eigenvalue weighted by molar-refractivity contribution is 0.175. The van der Waals surface area contributed by atoms with Gasteiger partial charge in [-0.3, -0.25) is 0 Å². The highest BCUT2D eigenvalue weighted by molar-refractivity contribution is 6.35. The van der Waals surface area contributed by atoms with Crippen LogP contribution in [0.2, 0.25) is 10.0 Å². The zero-order valence-electron chi connectivity index (χ0n) is 9.80. The van der Waals surface area contributed by atoms with Gasteiger partial charge < -0.3 is 10.1 Å². The number of halogens is 2. The van der Waals surface area contributed by atoms with E-state index in [0.717, 1.165) is 19.6 Å². The monoisotopic (exact) mass is 274 g/mol. The maximum Gasteiger partial charge on any atom is 0.144 e. The minimum absolute atomic E-state index is 0.376. The Morgan fingerprint density at radius 1 is 1.47 bits per heavy atom. The van der Waals surface area contributed by atoms with Gasteiger partial charge in [-0.1, -0.05) is 23.2 Å². The van der Waals surface area contributed by atoms with Crippen molar-refractivity contribution in [2.45, 2.75) is 19.3 Å². The molecule has 0 unspecified atom stereocenters. The molecule has 0 saturated heterocycles. The first kappa shape index (κ1) is 12.9. The molecule has 1 aliphatic rings. The van der Waals surface area contributed by atoms with Crippen LogP contribution in [0.5, 0.6) is 0 Å². The first-order chi connectivity index (χ1) is 8.15. The molecule has 3 nitrogen and oxygen atoms in total. The maximum atomic E-state index is 6.05. The lowest BCUT2D eigenvalue weighted by atomic mass is 10.0. The maximum absolute atomic E-state index is 6.05. The summed E-state index contributed by atoms with van der Waals surface area (Å²) in [6, 6.07) is 1.70. The highest BCUT2D eigenvalue weighted by Crippen LogP contribution is 2.48. The molecule has 1 fully saturated rings. The van der Waals surface area contributed by atoms with Crippen molar-refractivity contribution in [1.82, 2.24) is 4.98 Å². The van der Waals surface area contributed by atoms with E-state index < -0.39 is 0 Å². The SMILES string of the molecule is COCCC1(CNc2ncc(Cl)cc2Cl)CC1. The predicted molar refractivity (Wildman–Crippen MR) is 70.9 cm³/mol. The number of nitrogens with zero attached hydrogens (tertiary/aromatic N) is 1. The van der Waals surface area contributed by atoms with Crippen LogP contribution in [0.3, 0.4) is 0 Å². The number of nitrogens with one attached hydrogen (secondary N) is 1. The molecule has 0 aliphatic heterocycles. The minimum atomic E-state index is 0.376. The topological polar surface area (TPSA) is 34.1 Å². The number of pyridine rings is 1. The quantitative estimate of drug-likeness (QED) is 0.861. The molecule has 1 N–H and O–H groups in total. The Morgan fingerprint density at radius 2 is 2.24 bits per heavy atom.